The summed E-state index contributed by atoms with van der Waals surface area (Å²) in [5.41, 5.74) is 7.05. The minimum atomic E-state index is -0.609. The van der Waals surface area contributed by atoms with E-state index < -0.39 is 11.9 Å². The highest BCUT2D eigenvalue weighted by Gasteiger charge is 2.37. The summed E-state index contributed by atoms with van der Waals surface area (Å²) in [7, 11) is 0. The minimum absolute atomic E-state index is 0.000333. The van der Waals surface area contributed by atoms with Crippen LogP contribution in [0.5, 0.6) is 0 Å². The summed E-state index contributed by atoms with van der Waals surface area (Å²) in [5, 5.41) is 13.1. The Morgan fingerprint density at radius 1 is 1.67 bits per heavy atom. The zero-order chi connectivity index (χ0) is 15.4. The lowest BCUT2D eigenvalue weighted by Gasteiger charge is -2.26. The van der Waals surface area contributed by atoms with E-state index in [0.29, 0.717) is 0 Å². The van der Waals surface area contributed by atoms with Crippen LogP contribution < -0.4 is 5.73 Å². The lowest BCUT2D eigenvalue weighted by atomic mass is 9.84. The molecule has 7 heteroatoms. The van der Waals surface area contributed by atoms with Crippen LogP contribution >= 0.6 is 22.9 Å². The summed E-state index contributed by atoms with van der Waals surface area (Å²) < 4.78 is 10.4. The van der Waals surface area contributed by atoms with Gasteiger partial charge >= 0.3 is 5.97 Å². The normalized spacial score (nSPS) is 18.2. The van der Waals surface area contributed by atoms with Crippen molar-refractivity contribution in [3.05, 3.63) is 45.2 Å². The SMILES string of the molecule is CCOC(=O)C1=C(N)OC(CCl)=C(C#N)[C@@H]1c1ccsc1. The van der Waals surface area contributed by atoms with E-state index >= 15 is 0 Å². The number of allylic oxidation sites excluding steroid dienone is 2. The first-order chi connectivity index (χ1) is 10.1. The van der Waals surface area contributed by atoms with Gasteiger partial charge in [0.2, 0.25) is 5.88 Å². The van der Waals surface area contributed by atoms with Gasteiger partial charge in [-0.25, -0.2) is 4.79 Å². The molecule has 2 rings (SSSR count). The molecule has 1 aliphatic heterocycles. The molecule has 0 saturated carbocycles. The molecule has 1 aliphatic rings. The zero-order valence-electron chi connectivity index (χ0n) is 11.3. The molecule has 0 aromatic carbocycles. The lowest BCUT2D eigenvalue weighted by molar-refractivity contribution is -0.139. The average molecular weight is 325 g/mol. The molecule has 2 N–H and O–H groups in total. The number of nitrogens with zero attached hydrogens (tertiary/aromatic N) is 1. The van der Waals surface area contributed by atoms with E-state index in [1.54, 1.807) is 6.92 Å². The number of nitriles is 1. The third-order valence-electron chi connectivity index (χ3n) is 2.99. The summed E-state index contributed by atoms with van der Waals surface area (Å²) >= 11 is 7.27. The minimum Gasteiger partial charge on any atom is -0.462 e. The molecule has 0 fully saturated rings. The van der Waals surface area contributed by atoms with Crippen LogP contribution in [0.2, 0.25) is 0 Å². The van der Waals surface area contributed by atoms with Crippen molar-refractivity contribution in [3.8, 4) is 6.07 Å². The average Bonchev–Trinajstić information content (AvgIpc) is 2.99. The third-order valence-corrected chi connectivity index (χ3v) is 3.93. The van der Waals surface area contributed by atoms with Gasteiger partial charge in [-0.2, -0.15) is 16.6 Å². The first kappa shape index (κ1) is 15.4. The standard InChI is InChI=1S/C14H13ClN2O3S/c1-2-19-14(18)12-11(8-3-4-21-7-8)9(6-16)10(5-15)20-13(12)17/h3-4,7,11H,2,5,17H2,1H3/t11-/m0/s1. The fourth-order valence-electron chi connectivity index (χ4n) is 2.12. The van der Waals surface area contributed by atoms with Gasteiger partial charge in [0.05, 0.1) is 30.0 Å². The van der Waals surface area contributed by atoms with Gasteiger partial charge in [0.25, 0.3) is 0 Å². The fourth-order valence-corrected chi connectivity index (χ4v) is 3.00. The molecule has 21 heavy (non-hydrogen) atoms. The maximum Gasteiger partial charge on any atom is 0.340 e. The number of carbonyl (C=O) groups is 1. The van der Waals surface area contributed by atoms with Crippen molar-refractivity contribution < 1.29 is 14.3 Å². The lowest BCUT2D eigenvalue weighted by Crippen LogP contribution is -2.27. The molecule has 0 radical (unpaired) electrons. The molecule has 0 saturated heterocycles. The summed E-state index contributed by atoms with van der Waals surface area (Å²) in [6.07, 6.45) is 0. The second-order valence-corrected chi connectivity index (χ2v) is 5.22. The molecule has 2 heterocycles. The number of alkyl halides is 1. The zero-order valence-corrected chi connectivity index (χ0v) is 12.8. The second-order valence-electron chi connectivity index (χ2n) is 4.17. The van der Waals surface area contributed by atoms with Gasteiger partial charge in [-0.1, -0.05) is 0 Å². The summed E-state index contributed by atoms with van der Waals surface area (Å²) in [5.74, 6) is -1.00. The van der Waals surface area contributed by atoms with E-state index in [0.717, 1.165) is 5.56 Å². The summed E-state index contributed by atoms with van der Waals surface area (Å²) in [6, 6.07) is 3.90. The number of hydrogen-bond acceptors (Lipinski definition) is 6. The van der Waals surface area contributed by atoms with E-state index in [4.69, 9.17) is 26.8 Å². The van der Waals surface area contributed by atoms with Gasteiger partial charge in [-0.05, 0) is 29.3 Å². The molecule has 0 bridgehead atoms. The molecular formula is C14H13ClN2O3S. The van der Waals surface area contributed by atoms with Crippen molar-refractivity contribution >= 4 is 28.9 Å². The van der Waals surface area contributed by atoms with Crippen LogP contribution in [0.3, 0.4) is 0 Å². The van der Waals surface area contributed by atoms with Crippen molar-refractivity contribution in [3.63, 3.8) is 0 Å². The smallest absolute Gasteiger partial charge is 0.340 e. The monoisotopic (exact) mass is 324 g/mol. The van der Waals surface area contributed by atoms with Crippen LogP contribution in [-0.4, -0.2) is 18.5 Å². The van der Waals surface area contributed by atoms with E-state index in [1.165, 1.54) is 11.3 Å². The Bertz CT molecular complexity index is 644. The Hall–Kier alpha value is -1.97. The summed E-state index contributed by atoms with van der Waals surface area (Å²) in [6.45, 7) is 1.91. The molecule has 1 aromatic heterocycles. The Kier molecular flexibility index (Phi) is 4.89. The number of esters is 1. The maximum atomic E-state index is 12.2. The van der Waals surface area contributed by atoms with Crippen LogP contribution in [0.25, 0.3) is 0 Å². The van der Waals surface area contributed by atoms with Gasteiger partial charge in [-0.15, -0.1) is 11.6 Å². The maximum absolute atomic E-state index is 12.2. The molecule has 0 amide bonds. The molecule has 0 unspecified atom stereocenters. The van der Waals surface area contributed by atoms with E-state index in [9.17, 15) is 10.1 Å². The van der Waals surface area contributed by atoms with E-state index in [1.807, 2.05) is 16.8 Å². The quantitative estimate of drug-likeness (QED) is 0.679. The van der Waals surface area contributed by atoms with Crippen LogP contribution in [0, 0.1) is 11.3 Å². The number of rotatable bonds is 4. The van der Waals surface area contributed by atoms with Gasteiger partial charge in [0.1, 0.15) is 11.3 Å². The van der Waals surface area contributed by atoms with Crippen LogP contribution in [-0.2, 0) is 14.3 Å². The molecule has 5 nitrogen and oxygen atoms in total. The van der Waals surface area contributed by atoms with Crippen molar-refractivity contribution in [1.82, 2.24) is 0 Å². The number of hydrogen-bond donors (Lipinski definition) is 1. The molecular weight excluding hydrogens is 312 g/mol. The van der Waals surface area contributed by atoms with Crippen molar-refractivity contribution in [2.24, 2.45) is 5.73 Å². The molecule has 1 atom stereocenters. The van der Waals surface area contributed by atoms with Gasteiger partial charge in [0.15, 0.2) is 0 Å². The van der Waals surface area contributed by atoms with E-state index in [-0.39, 0.29) is 35.3 Å². The molecule has 110 valence electrons. The number of halogens is 1. The van der Waals surface area contributed by atoms with Crippen LogP contribution in [0.15, 0.2) is 39.6 Å². The second kappa shape index (κ2) is 6.66. The first-order valence-electron chi connectivity index (χ1n) is 6.19. The van der Waals surface area contributed by atoms with Gasteiger partial charge in [-0.3, -0.25) is 0 Å². The van der Waals surface area contributed by atoms with Crippen molar-refractivity contribution in [2.75, 3.05) is 12.5 Å². The Morgan fingerprint density at radius 3 is 2.95 bits per heavy atom. The van der Waals surface area contributed by atoms with Crippen molar-refractivity contribution in [1.29, 1.82) is 5.26 Å². The summed E-state index contributed by atoms with van der Waals surface area (Å²) in [4.78, 5) is 12.2. The van der Waals surface area contributed by atoms with Crippen LogP contribution in [0.4, 0.5) is 0 Å². The third kappa shape index (κ3) is 2.89. The molecule has 0 spiro atoms. The molecule has 1 aromatic rings. The highest BCUT2D eigenvalue weighted by Crippen LogP contribution is 2.40. The topological polar surface area (TPSA) is 85.3 Å². The highest BCUT2D eigenvalue weighted by atomic mass is 35.5. The predicted molar refractivity (Wildman–Crippen MR) is 79.4 cm³/mol. The number of ether oxygens (including phenoxy) is 2. The fraction of sp³-hybridized carbons (Fsp3) is 0.286. The van der Waals surface area contributed by atoms with Gasteiger partial charge in [0, 0.05) is 0 Å². The number of nitrogens with two attached hydrogens (primary N) is 1. The number of carbonyl (C=O) groups excluding carboxylic acids is 1. The first-order valence-corrected chi connectivity index (χ1v) is 7.67. The molecule has 0 aliphatic carbocycles. The predicted octanol–water partition coefficient (Wildman–Crippen LogP) is 2.61. The van der Waals surface area contributed by atoms with Crippen LogP contribution in [0.1, 0.15) is 18.4 Å². The van der Waals surface area contributed by atoms with Gasteiger partial charge < -0.3 is 15.2 Å². The van der Waals surface area contributed by atoms with Crippen molar-refractivity contribution in [2.45, 2.75) is 12.8 Å². The van der Waals surface area contributed by atoms with E-state index in [2.05, 4.69) is 6.07 Å². The Morgan fingerprint density at radius 2 is 2.43 bits per heavy atom. The highest BCUT2D eigenvalue weighted by molar-refractivity contribution is 7.08. The Balaban J connectivity index is 2.57. The Labute approximate surface area is 131 Å². The largest absolute Gasteiger partial charge is 0.462 e. The number of thiophene rings is 1.